The molecule has 1 aliphatic heterocycles. The van der Waals surface area contributed by atoms with E-state index in [1.165, 1.54) is 18.2 Å². The molecule has 1 aromatic heterocycles. The molecular weight excluding hydrogens is 390 g/mol. The Kier molecular flexibility index (Phi) is 5.58. The molecule has 30 heavy (non-hydrogen) atoms. The number of nitrogens with zero attached hydrogens (tertiary/aromatic N) is 2. The minimum absolute atomic E-state index is 0.0139. The van der Waals surface area contributed by atoms with Crippen LogP contribution < -0.4 is 10.6 Å². The van der Waals surface area contributed by atoms with E-state index < -0.39 is 23.5 Å². The van der Waals surface area contributed by atoms with E-state index in [1.807, 2.05) is 18.5 Å². The summed E-state index contributed by atoms with van der Waals surface area (Å²) in [6.45, 7) is 4.98. The fourth-order valence-corrected chi connectivity index (χ4v) is 4.25. The van der Waals surface area contributed by atoms with Crippen LogP contribution in [0.15, 0.2) is 24.4 Å². The van der Waals surface area contributed by atoms with Crippen molar-refractivity contribution in [3.05, 3.63) is 52.9 Å². The lowest BCUT2D eigenvalue weighted by Gasteiger charge is -2.24. The Bertz CT molecular complexity index is 952. The van der Waals surface area contributed by atoms with Crippen molar-refractivity contribution in [2.75, 3.05) is 6.54 Å². The van der Waals surface area contributed by atoms with E-state index in [2.05, 4.69) is 15.7 Å². The molecule has 6 nitrogen and oxygen atoms in total. The van der Waals surface area contributed by atoms with Crippen LogP contribution in [-0.2, 0) is 17.8 Å². The van der Waals surface area contributed by atoms with Gasteiger partial charge in [-0.3, -0.25) is 14.3 Å². The summed E-state index contributed by atoms with van der Waals surface area (Å²) in [7, 11) is 0. The highest BCUT2D eigenvalue weighted by atomic mass is 19.1. The molecule has 1 fully saturated rings. The minimum Gasteiger partial charge on any atom is -0.356 e. The van der Waals surface area contributed by atoms with Crippen molar-refractivity contribution in [2.24, 2.45) is 11.8 Å². The van der Waals surface area contributed by atoms with E-state index in [-0.39, 0.29) is 29.3 Å². The topological polar surface area (TPSA) is 76.0 Å². The monoisotopic (exact) mass is 416 g/mol. The van der Waals surface area contributed by atoms with Gasteiger partial charge < -0.3 is 10.6 Å². The van der Waals surface area contributed by atoms with Gasteiger partial charge in [0.05, 0.1) is 17.5 Å². The van der Waals surface area contributed by atoms with E-state index in [4.69, 9.17) is 0 Å². The normalized spacial score (nSPS) is 22.5. The molecule has 2 aliphatic rings. The summed E-state index contributed by atoms with van der Waals surface area (Å²) in [5.41, 5.74) is 1.48. The Morgan fingerprint density at radius 3 is 2.70 bits per heavy atom. The van der Waals surface area contributed by atoms with Gasteiger partial charge in [-0.2, -0.15) is 5.10 Å². The maximum Gasteiger partial charge on any atom is 0.254 e. The maximum atomic E-state index is 13.9. The summed E-state index contributed by atoms with van der Waals surface area (Å²) in [5, 5.41) is 10.1. The number of hydrogen-bond acceptors (Lipinski definition) is 3. The molecule has 2 amide bonds. The molecule has 2 aromatic rings. The predicted octanol–water partition coefficient (Wildman–Crippen LogP) is 2.78. The summed E-state index contributed by atoms with van der Waals surface area (Å²) in [6, 6.07) is 3.82. The summed E-state index contributed by atoms with van der Waals surface area (Å²) >= 11 is 0. The number of hydrogen-bond donors (Lipinski definition) is 2. The molecule has 0 unspecified atom stereocenters. The number of carbonyl (C=O) groups excluding carboxylic acids is 2. The molecule has 0 radical (unpaired) electrons. The van der Waals surface area contributed by atoms with Gasteiger partial charge in [0.25, 0.3) is 5.91 Å². The second kappa shape index (κ2) is 8.16. The first-order chi connectivity index (χ1) is 14.3. The fraction of sp³-hybridized carbons (Fsp3) is 0.500. The van der Waals surface area contributed by atoms with Crippen molar-refractivity contribution in [1.82, 2.24) is 20.4 Å². The SMILES string of the molecule is CC(C)NC(=O)c1cnn2c1C[C@H](CNC(=O)[C@H]1C[C@H]1c1c(F)cccc1F)CC2. The first-order valence-electron chi connectivity index (χ1n) is 10.4. The second-order valence-electron chi connectivity index (χ2n) is 8.54. The molecule has 1 saturated carbocycles. The van der Waals surface area contributed by atoms with Crippen molar-refractivity contribution in [1.29, 1.82) is 0 Å². The van der Waals surface area contributed by atoms with Gasteiger partial charge >= 0.3 is 0 Å². The van der Waals surface area contributed by atoms with Gasteiger partial charge in [0.15, 0.2) is 0 Å². The highest BCUT2D eigenvalue weighted by molar-refractivity contribution is 5.95. The summed E-state index contributed by atoms with van der Waals surface area (Å²) in [6.07, 6.45) is 3.56. The van der Waals surface area contributed by atoms with Gasteiger partial charge in [0, 0.05) is 36.5 Å². The standard InChI is InChI=1S/C22H26F2N4O2/c1-12(2)27-22(30)16-11-26-28-7-6-13(8-19(16)28)10-25-21(29)15-9-14(15)20-17(23)4-3-5-18(20)24/h3-5,11-15H,6-10H2,1-2H3,(H,25,29)(H,27,30)/t13-,14-,15+/m1/s1. The van der Waals surface area contributed by atoms with Gasteiger partial charge in [0.1, 0.15) is 11.6 Å². The van der Waals surface area contributed by atoms with Gasteiger partial charge in [0.2, 0.25) is 5.91 Å². The molecule has 1 aliphatic carbocycles. The molecular formula is C22H26F2N4O2. The first kappa shape index (κ1) is 20.5. The van der Waals surface area contributed by atoms with Crippen LogP contribution in [0, 0.1) is 23.5 Å². The van der Waals surface area contributed by atoms with Crippen molar-refractivity contribution in [3.63, 3.8) is 0 Å². The molecule has 0 bridgehead atoms. The van der Waals surface area contributed by atoms with Gasteiger partial charge in [-0.1, -0.05) is 6.07 Å². The van der Waals surface area contributed by atoms with E-state index in [0.29, 0.717) is 31.5 Å². The fourth-order valence-electron chi connectivity index (χ4n) is 4.25. The predicted molar refractivity (Wildman–Crippen MR) is 107 cm³/mol. The van der Waals surface area contributed by atoms with E-state index in [0.717, 1.165) is 12.1 Å². The zero-order valence-corrected chi connectivity index (χ0v) is 17.1. The Labute approximate surface area is 174 Å². The third kappa shape index (κ3) is 4.08. The van der Waals surface area contributed by atoms with Crippen molar-refractivity contribution in [2.45, 2.75) is 51.6 Å². The van der Waals surface area contributed by atoms with Gasteiger partial charge in [-0.05, 0) is 51.2 Å². The number of aromatic nitrogens is 2. The van der Waals surface area contributed by atoms with Crippen LogP contribution in [0.2, 0.25) is 0 Å². The third-order valence-corrected chi connectivity index (χ3v) is 5.91. The lowest BCUT2D eigenvalue weighted by atomic mass is 9.94. The molecule has 2 heterocycles. The molecule has 0 saturated heterocycles. The van der Waals surface area contributed by atoms with Crippen LogP contribution in [0.5, 0.6) is 0 Å². The maximum absolute atomic E-state index is 13.9. The first-order valence-corrected chi connectivity index (χ1v) is 10.4. The largest absolute Gasteiger partial charge is 0.356 e. The summed E-state index contributed by atoms with van der Waals surface area (Å²) in [5.74, 6) is -2.09. The van der Waals surface area contributed by atoms with Crippen LogP contribution in [0.1, 0.15) is 54.2 Å². The lowest BCUT2D eigenvalue weighted by molar-refractivity contribution is -0.122. The number of fused-ring (bicyclic) bond motifs is 1. The van der Waals surface area contributed by atoms with Gasteiger partial charge in [-0.15, -0.1) is 0 Å². The quantitative estimate of drug-likeness (QED) is 0.760. The van der Waals surface area contributed by atoms with Gasteiger partial charge in [-0.25, -0.2) is 8.78 Å². The van der Waals surface area contributed by atoms with Crippen LogP contribution >= 0.6 is 0 Å². The molecule has 1 aromatic carbocycles. The smallest absolute Gasteiger partial charge is 0.254 e. The number of carbonyl (C=O) groups is 2. The average Bonchev–Trinajstić information content (AvgIpc) is 3.35. The molecule has 2 N–H and O–H groups in total. The lowest BCUT2D eigenvalue weighted by Crippen LogP contribution is -2.35. The molecule has 0 spiro atoms. The second-order valence-corrected chi connectivity index (χ2v) is 8.54. The Hall–Kier alpha value is -2.77. The highest BCUT2D eigenvalue weighted by Crippen LogP contribution is 2.49. The number of rotatable bonds is 6. The van der Waals surface area contributed by atoms with E-state index >= 15 is 0 Å². The number of amides is 2. The molecule has 8 heteroatoms. The zero-order chi connectivity index (χ0) is 21.4. The minimum atomic E-state index is -0.594. The van der Waals surface area contributed by atoms with Crippen molar-refractivity contribution in [3.8, 4) is 0 Å². The summed E-state index contributed by atoms with van der Waals surface area (Å²) in [4.78, 5) is 24.9. The zero-order valence-electron chi connectivity index (χ0n) is 17.1. The average molecular weight is 416 g/mol. The van der Waals surface area contributed by atoms with Crippen molar-refractivity contribution >= 4 is 11.8 Å². The third-order valence-electron chi connectivity index (χ3n) is 5.91. The highest BCUT2D eigenvalue weighted by Gasteiger charge is 2.46. The van der Waals surface area contributed by atoms with Crippen LogP contribution in [0.4, 0.5) is 8.78 Å². The Morgan fingerprint density at radius 2 is 2.00 bits per heavy atom. The number of benzene rings is 1. The van der Waals surface area contributed by atoms with Crippen molar-refractivity contribution < 1.29 is 18.4 Å². The number of aryl methyl sites for hydroxylation is 1. The van der Waals surface area contributed by atoms with E-state index in [1.54, 1.807) is 6.20 Å². The van der Waals surface area contributed by atoms with Crippen LogP contribution in [0.25, 0.3) is 0 Å². The molecule has 160 valence electrons. The number of halogens is 2. The number of nitrogens with one attached hydrogen (secondary N) is 2. The Morgan fingerprint density at radius 1 is 1.27 bits per heavy atom. The molecule has 4 rings (SSSR count). The molecule has 3 atom stereocenters. The van der Waals surface area contributed by atoms with Crippen LogP contribution in [-0.4, -0.2) is 34.2 Å². The Balaban J connectivity index is 1.34. The summed E-state index contributed by atoms with van der Waals surface area (Å²) < 4.78 is 29.7. The van der Waals surface area contributed by atoms with E-state index in [9.17, 15) is 18.4 Å². The van der Waals surface area contributed by atoms with Crippen LogP contribution in [0.3, 0.4) is 0 Å².